The van der Waals surface area contributed by atoms with Gasteiger partial charge >= 0.3 is 18.2 Å². The number of halogens is 3. The average molecular weight is 584 g/mol. The fourth-order valence-corrected chi connectivity index (χ4v) is 4.36. The second kappa shape index (κ2) is 13.5. The molecule has 0 spiro atoms. The number of amides is 2. The topological polar surface area (TPSA) is 111 Å². The molecular formula is C31H34F3N4O4+. The van der Waals surface area contributed by atoms with Crippen LogP contribution in [0.15, 0.2) is 78.9 Å². The highest BCUT2D eigenvalue weighted by Gasteiger charge is 2.47. The van der Waals surface area contributed by atoms with Crippen LogP contribution < -0.4 is 10.9 Å². The summed E-state index contributed by atoms with van der Waals surface area (Å²) in [7, 11) is 0. The van der Waals surface area contributed by atoms with Crippen LogP contribution in [0.25, 0.3) is 11.1 Å². The molecule has 0 saturated carbocycles. The number of aryl methyl sites for hydroxylation is 1. The zero-order chi connectivity index (χ0) is 31.0. The Labute approximate surface area is 242 Å². The van der Waals surface area contributed by atoms with Gasteiger partial charge in [0.25, 0.3) is 0 Å². The van der Waals surface area contributed by atoms with Crippen molar-refractivity contribution >= 4 is 12.0 Å². The molecule has 0 heterocycles. The van der Waals surface area contributed by atoms with Crippen molar-refractivity contribution in [2.45, 2.75) is 58.0 Å². The summed E-state index contributed by atoms with van der Waals surface area (Å²) in [5.41, 5.74) is 6.41. The van der Waals surface area contributed by atoms with Crippen molar-refractivity contribution in [1.82, 2.24) is 10.9 Å². The van der Waals surface area contributed by atoms with E-state index in [9.17, 15) is 33.1 Å². The molecule has 0 bridgehead atoms. The molecule has 11 heteroatoms. The highest BCUT2D eigenvalue weighted by molar-refractivity contribution is 5.80. The van der Waals surface area contributed by atoms with E-state index in [1.807, 2.05) is 35.8 Å². The third-order valence-electron chi connectivity index (χ3n) is 6.17. The number of rotatable bonds is 10. The van der Waals surface area contributed by atoms with Gasteiger partial charge in [0.1, 0.15) is 11.7 Å². The van der Waals surface area contributed by atoms with Gasteiger partial charge in [0.05, 0.1) is 11.6 Å². The highest BCUT2D eigenvalue weighted by Crippen LogP contribution is 2.25. The van der Waals surface area contributed by atoms with Gasteiger partial charge in [-0.3, -0.25) is 4.79 Å². The number of quaternary nitrogens is 1. The molecule has 1 unspecified atom stereocenters. The maximum Gasteiger partial charge on any atom is 0.476 e. The van der Waals surface area contributed by atoms with Crippen LogP contribution in [0.1, 0.15) is 43.9 Å². The van der Waals surface area contributed by atoms with Crippen molar-refractivity contribution in [3.05, 3.63) is 95.6 Å². The average Bonchev–Trinajstić information content (AvgIpc) is 2.91. The molecule has 0 radical (unpaired) electrons. The number of hydrogen-bond donors (Lipinski definition) is 3. The number of carbonyl (C=O) groups excluding carboxylic acids is 2. The van der Waals surface area contributed by atoms with Crippen molar-refractivity contribution < 1.29 is 37.3 Å². The molecule has 222 valence electrons. The third-order valence-corrected chi connectivity index (χ3v) is 6.17. The van der Waals surface area contributed by atoms with Crippen LogP contribution in [0.3, 0.4) is 0 Å². The quantitative estimate of drug-likeness (QED) is 0.214. The molecule has 0 aliphatic heterocycles. The first kappa shape index (κ1) is 32.1. The van der Waals surface area contributed by atoms with Gasteiger partial charge in [0, 0.05) is 5.56 Å². The summed E-state index contributed by atoms with van der Waals surface area (Å²) < 4.78 is 44.6. The number of carbonyl (C=O) groups is 2. The predicted octanol–water partition coefficient (Wildman–Crippen LogP) is 5.57. The smallest absolute Gasteiger partial charge is 0.441 e. The SMILES string of the molecule is CC(C)(C)OC(=O)N[N+](Cc1ccc(-c2ccccc2C#N)cc1)(C[C@@H](O)CCc1ccccc1)NC(=O)C(F)(F)F. The Hall–Kier alpha value is -4.40. The second-order valence-corrected chi connectivity index (χ2v) is 10.9. The summed E-state index contributed by atoms with van der Waals surface area (Å²) in [5, 5.41) is 20.4. The number of hydrogen-bond acceptors (Lipinski definition) is 5. The lowest BCUT2D eigenvalue weighted by molar-refractivity contribution is -1.01. The summed E-state index contributed by atoms with van der Waals surface area (Å²) in [4.78, 5) is 25.1. The van der Waals surface area contributed by atoms with Crippen molar-refractivity contribution in [2.24, 2.45) is 0 Å². The normalized spacial score (nSPS) is 13.8. The fraction of sp³-hybridized carbons (Fsp3) is 0.323. The van der Waals surface area contributed by atoms with Crippen LogP contribution in [0, 0.1) is 11.3 Å². The van der Waals surface area contributed by atoms with E-state index in [1.165, 1.54) is 0 Å². The van der Waals surface area contributed by atoms with E-state index in [1.54, 1.807) is 69.3 Å². The number of nitrogens with zero attached hydrogens (tertiary/aromatic N) is 2. The lowest BCUT2D eigenvalue weighted by atomic mass is 9.99. The van der Waals surface area contributed by atoms with Crippen LogP contribution in [0.5, 0.6) is 0 Å². The number of benzene rings is 3. The van der Waals surface area contributed by atoms with Gasteiger partial charge in [-0.1, -0.05) is 72.8 Å². The van der Waals surface area contributed by atoms with E-state index in [2.05, 4.69) is 11.5 Å². The minimum absolute atomic E-state index is 0.145. The van der Waals surface area contributed by atoms with Crippen LogP contribution in [0.2, 0.25) is 0 Å². The van der Waals surface area contributed by atoms with Gasteiger partial charge in [-0.2, -0.15) is 23.9 Å². The summed E-state index contributed by atoms with van der Waals surface area (Å²) >= 11 is 0. The molecule has 0 aliphatic carbocycles. The summed E-state index contributed by atoms with van der Waals surface area (Å²) in [6.07, 6.45) is -7.02. The molecule has 3 aromatic carbocycles. The third kappa shape index (κ3) is 9.61. The molecule has 0 aromatic heterocycles. The van der Waals surface area contributed by atoms with Crippen molar-refractivity contribution in [3.63, 3.8) is 0 Å². The Kier molecular flexibility index (Phi) is 10.3. The van der Waals surface area contributed by atoms with E-state index >= 15 is 0 Å². The Bertz CT molecular complexity index is 1400. The standard InChI is InChI=1S/C31H33F3N4O4/c1-30(2,3)42-29(41)37-38(36-28(40)31(32,33)34,21-26(39)18-15-22-9-5-4-6-10-22)20-23-13-16-24(17-14-23)27-12-8-7-11-25(27)19-35/h4-14,16-17,26,39H,15,18,20-21H2,1-3H3,(H-,36,37,40,41)/p+1/t26-,38?/m0/s1. The predicted molar refractivity (Wildman–Crippen MR) is 150 cm³/mol. The number of aliphatic hydroxyl groups excluding tert-OH is 1. The molecule has 3 rings (SSSR count). The number of alkyl halides is 3. The lowest BCUT2D eigenvalue weighted by Crippen LogP contribution is -2.72. The van der Waals surface area contributed by atoms with Crippen LogP contribution >= 0.6 is 0 Å². The van der Waals surface area contributed by atoms with Gasteiger partial charge in [-0.25, -0.2) is 4.79 Å². The van der Waals surface area contributed by atoms with E-state index in [4.69, 9.17) is 4.74 Å². The molecule has 42 heavy (non-hydrogen) atoms. The minimum Gasteiger partial charge on any atom is -0.441 e. The Balaban J connectivity index is 1.97. The van der Waals surface area contributed by atoms with Crippen LogP contribution in [-0.2, 0) is 22.5 Å². The minimum atomic E-state index is -5.26. The molecule has 0 aliphatic rings. The maximum absolute atomic E-state index is 13.5. The second-order valence-electron chi connectivity index (χ2n) is 10.9. The lowest BCUT2D eigenvalue weighted by Gasteiger charge is -2.38. The molecule has 2 amide bonds. The number of nitrogens with one attached hydrogen (secondary N) is 2. The molecular weight excluding hydrogens is 549 g/mol. The Morgan fingerprint density at radius 2 is 1.55 bits per heavy atom. The summed E-state index contributed by atoms with van der Waals surface area (Å²) in [6, 6.07) is 24.9. The van der Waals surface area contributed by atoms with Gasteiger partial charge < -0.3 is 9.84 Å². The van der Waals surface area contributed by atoms with Crippen LogP contribution in [0.4, 0.5) is 18.0 Å². The first-order valence-electron chi connectivity index (χ1n) is 13.3. The highest BCUT2D eigenvalue weighted by atomic mass is 19.4. The largest absolute Gasteiger partial charge is 0.476 e. The van der Waals surface area contributed by atoms with Gasteiger partial charge in [-0.05, 0) is 56.4 Å². The maximum atomic E-state index is 13.5. The van der Waals surface area contributed by atoms with Crippen molar-refractivity contribution in [1.29, 1.82) is 5.26 Å². The zero-order valence-electron chi connectivity index (χ0n) is 23.6. The molecule has 0 fully saturated rings. The molecule has 8 nitrogen and oxygen atoms in total. The molecule has 3 N–H and O–H groups in total. The van der Waals surface area contributed by atoms with Gasteiger partial charge in [0.2, 0.25) is 0 Å². The van der Waals surface area contributed by atoms with Crippen molar-refractivity contribution in [2.75, 3.05) is 6.54 Å². The van der Waals surface area contributed by atoms with Crippen LogP contribution in [-0.4, -0.2) is 46.2 Å². The van der Waals surface area contributed by atoms with E-state index in [-0.39, 0.29) is 13.0 Å². The summed E-state index contributed by atoms with van der Waals surface area (Å²) in [5.74, 6) is -2.30. The van der Waals surface area contributed by atoms with E-state index in [0.717, 1.165) is 5.56 Å². The van der Waals surface area contributed by atoms with Gasteiger partial charge in [-0.15, -0.1) is 10.1 Å². The Morgan fingerprint density at radius 3 is 2.14 bits per heavy atom. The van der Waals surface area contributed by atoms with E-state index in [0.29, 0.717) is 28.7 Å². The van der Waals surface area contributed by atoms with E-state index < -0.39 is 41.1 Å². The van der Waals surface area contributed by atoms with Gasteiger partial charge in [0.15, 0.2) is 13.1 Å². The molecule has 2 atom stereocenters. The Morgan fingerprint density at radius 1 is 0.929 bits per heavy atom. The fourth-order valence-electron chi connectivity index (χ4n) is 4.36. The first-order valence-corrected chi connectivity index (χ1v) is 13.3. The monoisotopic (exact) mass is 583 g/mol. The zero-order valence-corrected chi connectivity index (χ0v) is 23.6. The number of nitriles is 1. The first-order chi connectivity index (χ1) is 19.7. The summed E-state index contributed by atoms with van der Waals surface area (Å²) in [6.45, 7) is 3.91. The number of ether oxygens (including phenoxy) is 1. The number of aliphatic hydroxyl groups is 1. The molecule has 3 aromatic rings. The molecule has 0 saturated heterocycles. The van der Waals surface area contributed by atoms with Crippen molar-refractivity contribution in [3.8, 4) is 17.2 Å².